The topological polar surface area (TPSA) is 41.6 Å². The van der Waals surface area contributed by atoms with E-state index in [0.29, 0.717) is 0 Å². The number of piperidine rings is 1. The molecule has 2 aliphatic heterocycles. The van der Waals surface area contributed by atoms with Crippen molar-refractivity contribution in [2.75, 3.05) is 26.2 Å². The predicted octanol–water partition coefficient (Wildman–Crippen LogP) is 0.766. The lowest BCUT2D eigenvalue weighted by molar-refractivity contribution is -0.145. The van der Waals surface area contributed by atoms with E-state index in [-0.39, 0.29) is 18.1 Å². The van der Waals surface area contributed by atoms with Gasteiger partial charge in [0.25, 0.3) is 5.91 Å². The molecule has 2 heterocycles. The summed E-state index contributed by atoms with van der Waals surface area (Å²) in [5.74, 6) is 0.170. The third-order valence-electron chi connectivity index (χ3n) is 3.41. The summed E-state index contributed by atoms with van der Waals surface area (Å²) >= 11 is 0. The molecule has 1 amide bonds. The minimum Gasteiger partial charge on any atom is -0.364 e. The van der Waals surface area contributed by atoms with E-state index < -0.39 is 0 Å². The first kappa shape index (κ1) is 11.9. The summed E-state index contributed by atoms with van der Waals surface area (Å²) in [6.07, 6.45) is 4.45. The molecule has 16 heavy (non-hydrogen) atoms. The van der Waals surface area contributed by atoms with Crippen LogP contribution >= 0.6 is 0 Å². The van der Waals surface area contributed by atoms with Gasteiger partial charge in [0.05, 0.1) is 6.10 Å². The molecular weight excluding hydrogens is 204 g/mol. The molecule has 2 atom stereocenters. The summed E-state index contributed by atoms with van der Waals surface area (Å²) in [6, 6.07) is 0. The molecule has 0 saturated carbocycles. The van der Waals surface area contributed by atoms with Crippen LogP contribution in [0, 0.1) is 0 Å². The van der Waals surface area contributed by atoms with Gasteiger partial charge in [0.15, 0.2) is 0 Å². The summed E-state index contributed by atoms with van der Waals surface area (Å²) < 4.78 is 5.81. The maximum absolute atomic E-state index is 12.0. The second kappa shape index (κ2) is 5.64. The first-order valence-corrected chi connectivity index (χ1v) is 6.42. The highest BCUT2D eigenvalue weighted by atomic mass is 16.5. The van der Waals surface area contributed by atoms with Crippen molar-refractivity contribution in [3.8, 4) is 0 Å². The minimum atomic E-state index is -0.275. The number of rotatable bonds is 3. The summed E-state index contributed by atoms with van der Waals surface area (Å²) in [5, 5.41) is 3.30. The van der Waals surface area contributed by atoms with Crippen LogP contribution in [0.1, 0.15) is 32.6 Å². The summed E-state index contributed by atoms with van der Waals surface area (Å²) in [5.41, 5.74) is 0. The second-order valence-corrected chi connectivity index (χ2v) is 4.78. The van der Waals surface area contributed by atoms with Gasteiger partial charge in [-0.1, -0.05) is 0 Å². The normalized spacial score (nSPS) is 28.1. The van der Waals surface area contributed by atoms with Gasteiger partial charge in [-0.15, -0.1) is 0 Å². The Hall–Kier alpha value is -0.610. The Labute approximate surface area is 97.3 Å². The molecule has 4 heteroatoms. The standard InChI is InChI=1S/C12H22N2O2/c1-10(12(15)14-7-2-3-8-14)16-11-5-4-6-13-9-11/h10-11,13H,2-9H2,1H3. The fourth-order valence-electron chi connectivity index (χ4n) is 2.48. The van der Waals surface area contributed by atoms with Gasteiger partial charge < -0.3 is 15.0 Å². The highest BCUT2D eigenvalue weighted by molar-refractivity contribution is 5.80. The molecule has 92 valence electrons. The van der Waals surface area contributed by atoms with Gasteiger partial charge in [-0.3, -0.25) is 4.79 Å². The number of hydrogen-bond donors (Lipinski definition) is 1. The molecule has 0 bridgehead atoms. The van der Waals surface area contributed by atoms with Crippen molar-refractivity contribution < 1.29 is 9.53 Å². The zero-order valence-corrected chi connectivity index (χ0v) is 10.1. The fraction of sp³-hybridized carbons (Fsp3) is 0.917. The van der Waals surface area contributed by atoms with Crippen molar-refractivity contribution in [1.82, 2.24) is 10.2 Å². The molecule has 2 fully saturated rings. The van der Waals surface area contributed by atoms with Gasteiger partial charge in [0.2, 0.25) is 0 Å². The Kier molecular flexibility index (Phi) is 4.18. The van der Waals surface area contributed by atoms with Crippen molar-refractivity contribution >= 4 is 5.91 Å². The third-order valence-corrected chi connectivity index (χ3v) is 3.41. The van der Waals surface area contributed by atoms with E-state index >= 15 is 0 Å². The monoisotopic (exact) mass is 226 g/mol. The lowest BCUT2D eigenvalue weighted by atomic mass is 10.1. The number of carbonyl (C=O) groups excluding carboxylic acids is 1. The van der Waals surface area contributed by atoms with Crippen molar-refractivity contribution in [3.05, 3.63) is 0 Å². The van der Waals surface area contributed by atoms with Crippen molar-refractivity contribution in [3.63, 3.8) is 0 Å². The molecule has 0 aliphatic carbocycles. The smallest absolute Gasteiger partial charge is 0.251 e. The Morgan fingerprint density at radius 3 is 2.75 bits per heavy atom. The van der Waals surface area contributed by atoms with Crippen LogP contribution in [0.2, 0.25) is 0 Å². The summed E-state index contributed by atoms with van der Waals surface area (Å²) in [4.78, 5) is 13.9. The van der Waals surface area contributed by atoms with Crippen LogP contribution < -0.4 is 5.32 Å². The lowest BCUT2D eigenvalue weighted by Gasteiger charge is -2.28. The average molecular weight is 226 g/mol. The molecule has 0 aromatic heterocycles. The van der Waals surface area contributed by atoms with Crippen LogP contribution in [0.25, 0.3) is 0 Å². The SMILES string of the molecule is CC(OC1CCCNC1)C(=O)N1CCCC1. The number of carbonyl (C=O) groups is 1. The molecule has 2 saturated heterocycles. The van der Waals surface area contributed by atoms with Gasteiger partial charge in [-0.05, 0) is 39.2 Å². The van der Waals surface area contributed by atoms with Crippen molar-refractivity contribution in [1.29, 1.82) is 0 Å². The molecule has 2 rings (SSSR count). The van der Waals surface area contributed by atoms with Crippen molar-refractivity contribution in [2.24, 2.45) is 0 Å². The van der Waals surface area contributed by atoms with Crippen LogP contribution in [0.15, 0.2) is 0 Å². The maximum Gasteiger partial charge on any atom is 0.251 e. The second-order valence-electron chi connectivity index (χ2n) is 4.78. The molecule has 2 aliphatic rings. The Bertz CT molecular complexity index is 233. The van der Waals surface area contributed by atoms with Crippen LogP contribution in [-0.2, 0) is 9.53 Å². The molecule has 0 radical (unpaired) electrons. The summed E-state index contributed by atoms with van der Waals surface area (Å²) in [6.45, 7) is 5.67. The van der Waals surface area contributed by atoms with E-state index in [9.17, 15) is 4.79 Å². The Morgan fingerprint density at radius 2 is 2.12 bits per heavy atom. The van der Waals surface area contributed by atoms with Gasteiger partial charge in [-0.25, -0.2) is 0 Å². The first-order valence-electron chi connectivity index (χ1n) is 6.42. The molecular formula is C12H22N2O2. The van der Waals surface area contributed by atoms with E-state index in [2.05, 4.69) is 5.32 Å². The van der Waals surface area contributed by atoms with Crippen molar-refractivity contribution in [2.45, 2.75) is 44.8 Å². The Balaban J connectivity index is 1.77. The van der Waals surface area contributed by atoms with Gasteiger partial charge >= 0.3 is 0 Å². The molecule has 0 spiro atoms. The number of ether oxygens (including phenoxy) is 1. The lowest BCUT2D eigenvalue weighted by Crippen LogP contribution is -2.43. The molecule has 4 nitrogen and oxygen atoms in total. The average Bonchev–Trinajstić information content (AvgIpc) is 2.83. The molecule has 2 unspecified atom stereocenters. The molecule has 0 aromatic carbocycles. The highest BCUT2D eigenvalue weighted by Gasteiger charge is 2.26. The van der Waals surface area contributed by atoms with E-state index in [1.807, 2.05) is 11.8 Å². The van der Waals surface area contributed by atoms with E-state index in [1.165, 1.54) is 0 Å². The number of nitrogens with one attached hydrogen (secondary N) is 1. The van der Waals surface area contributed by atoms with Gasteiger partial charge in [0.1, 0.15) is 6.10 Å². The third kappa shape index (κ3) is 2.95. The van der Waals surface area contributed by atoms with Crippen LogP contribution in [0.3, 0.4) is 0 Å². The van der Waals surface area contributed by atoms with Gasteiger partial charge in [-0.2, -0.15) is 0 Å². The fourth-order valence-corrected chi connectivity index (χ4v) is 2.48. The van der Waals surface area contributed by atoms with E-state index in [4.69, 9.17) is 4.74 Å². The predicted molar refractivity (Wildman–Crippen MR) is 62.3 cm³/mol. The largest absolute Gasteiger partial charge is 0.364 e. The zero-order chi connectivity index (χ0) is 11.4. The van der Waals surface area contributed by atoms with E-state index in [1.54, 1.807) is 0 Å². The quantitative estimate of drug-likeness (QED) is 0.772. The zero-order valence-electron chi connectivity index (χ0n) is 10.1. The number of nitrogens with zero attached hydrogens (tertiary/aromatic N) is 1. The molecule has 0 aromatic rings. The van der Waals surface area contributed by atoms with Crippen LogP contribution in [0.5, 0.6) is 0 Å². The van der Waals surface area contributed by atoms with Crippen LogP contribution in [-0.4, -0.2) is 49.2 Å². The molecule has 1 N–H and O–H groups in total. The summed E-state index contributed by atoms with van der Waals surface area (Å²) in [7, 11) is 0. The highest BCUT2D eigenvalue weighted by Crippen LogP contribution is 2.13. The minimum absolute atomic E-state index is 0.170. The first-order chi connectivity index (χ1) is 7.77. The van der Waals surface area contributed by atoms with Gasteiger partial charge in [0, 0.05) is 19.6 Å². The maximum atomic E-state index is 12.0. The number of amides is 1. The number of hydrogen-bond acceptors (Lipinski definition) is 3. The Morgan fingerprint density at radius 1 is 1.38 bits per heavy atom. The van der Waals surface area contributed by atoms with Crippen LogP contribution in [0.4, 0.5) is 0 Å². The number of likely N-dealkylation sites (tertiary alicyclic amines) is 1. The van der Waals surface area contributed by atoms with E-state index in [0.717, 1.165) is 51.9 Å².